The minimum Gasteiger partial charge on any atom is -0.461 e. The van der Waals surface area contributed by atoms with Crippen molar-refractivity contribution in [3.8, 4) is 0 Å². The lowest BCUT2D eigenvalue weighted by Gasteiger charge is -1.95. The lowest BCUT2D eigenvalue weighted by atomic mass is 10.3. The third-order valence-corrected chi connectivity index (χ3v) is 1.45. The van der Waals surface area contributed by atoms with Crippen LogP contribution in [-0.4, -0.2) is 20.3 Å². The first-order valence-electron chi connectivity index (χ1n) is 4.16. The van der Waals surface area contributed by atoms with Gasteiger partial charge in [0.25, 0.3) is 5.69 Å². The molecule has 0 unspecified atom stereocenters. The van der Waals surface area contributed by atoms with Gasteiger partial charge in [0.15, 0.2) is 6.20 Å². The number of ether oxygens (including phenoxy) is 1. The largest absolute Gasteiger partial charge is 0.673 e. The molecule has 0 aliphatic heterocycles. The SMILES string of the molecule is COC(=O)c1cccc[n+]1C.F[B-](F)(F)F. The molecule has 16 heavy (non-hydrogen) atoms. The van der Waals surface area contributed by atoms with Gasteiger partial charge >= 0.3 is 13.2 Å². The van der Waals surface area contributed by atoms with Gasteiger partial charge in [-0.05, 0) is 6.07 Å². The quantitative estimate of drug-likeness (QED) is 0.322. The van der Waals surface area contributed by atoms with Gasteiger partial charge in [-0.25, -0.2) is 4.79 Å². The zero-order valence-corrected chi connectivity index (χ0v) is 8.66. The fourth-order valence-electron chi connectivity index (χ4n) is 0.840. The van der Waals surface area contributed by atoms with Gasteiger partial charge in [0, 0.05) is 12.1 Å². The van der Waals surface area contributed by atoms with Crippen LogP contribution in [-0.2, 0) is 11.8 Å². The number of rotatable bonds is 1. The molecule has 0 atom stereocenters. The molecule has 8 heteroatoms. The number of nitrogens with zero attached hydrogens (tertiary/aromatic N) is 1. The van der Waals surface area contributed by atoms with Gasteiger partial charge in [-0.3, -0.25) is 0 Å². The van der Waals surface area contributed by atoms with E-state index in [1.165, 1.54) is 7.11 Å². The molecule has 0 spiro atoms. The second kappa shape index (κ2) is 6.09. The molecule has 0 saturated heterocycles. The summed E-state index contributed by atoms with van der Waals surface area (Å²) in [7, 11) is -2.83. The predicted molar refractivity (Wildman–Crippen MR) is 49.1 cm³/mol. The van der Waals surface area contributed by atoms with Crippen molar-refractivity contribution < 1.29 is 31.4 Å². The Labute approximate surface area is 89.8 Å². The van der Waals surface area contributed by atoms with E-state index in [9.17, 15) is 22.1 Å². The third-order valence-electron chi connectivity index (χ3n) is 1.45. The van der Waals surface area contributed by atoms with Gasteiger partial charge in [-0.1, -0.05) is 0 Å². The van der Waals surface area contributed by atoms with Crippen molar-refractivity contribution in [1.82, 2.24) is 0 Å². The van der Waals surface area contributed by atoms with Crippen molar-refractivity contribution in [1.29, 1.82) is 0 Å². The van der Waals surface area contributed by atoms with Crippen LogP contribution >= 0.6 is 0 Å². The maximum absolute atomic E-state index is 11.0. The van der Waals surface area contributed by atoms with Crippen molar-refractivity contribution in [3.05, 3.63) is 30.1 Å². The Morgan fingerprint density at radius 3 is 2.19 bits per heavy atom. The molecule has 0 amide bonds. The van der Waals surface area contributed by atoms with Gasteiger partial charge < -0.3 is 22.0 Å². The average Bonchev–Trinajstić information content (AvgIpc) is 2.15. The Hall–Kier alpha value is -1.60. The Bertz CT molecular complexity index is 350. The second-order valence-corrected chi connectivity index (χ2v) is 2.68. The minimum atomic E-state index is -6.00. The molecular formula is C8H10BF4NO2. The molecule has 0 fully saturated rings. The van der Waals surface area contributed by atoms with Gasteiger partial charge in [-0.15, -0.1) is 0 Å². The summed E-state index contributed by atoms with van der Waals surface area (Å²) in [6.07, 6.45) is 1.80. The zero-order valence-electron chi connectivity index (χ0n) is 8.66. The normalized spacial score (nSPS) is 10.1. The second-order valence-electron chi connectivity index (χ2n) is 2.68. The molecule has 0 aromatic carbocycles. The van der Waals surface area contributed by atoms with Crippen LogP contribution in [0.1, 0.15) is 10.5 Å². The minimum absolute atomic E-state index is 0.312. The fraction of sp³-hybridized carbons (Fsp3) is 0.250. The Morgan fingerprint density at radius 2 is 1.81 bits per heavy atom. The summed E-state index contributed by atoms with van der Waals surface area (Å²) in [4.78, 5) is 11.0. The average molecular weight is 239 g/mol. The molecular weight excluding hydrogens is 229 g/mol. The summed E-state index contributed by atoms with van der Waals surface area (Å²) < 4.78 is 45.3. The molecule has 0 bridgehead atoms. The molecule has 0 radical (unpaired) electrons. The predicted octanol–water partition coefficient (Wildman–Crippen LogP) is 1.60. The van der Waals surface area contributed by atoms with E-state index in [0.717, 1.165) is 0 Å². The summed E-state index contributed by atoms with van der Waals surface area (Å²) in [6.45, 7) is 0. The first kappa shape index (κ1) is 14.4. The van der Waals surface area contributed by atoms with Crippen LogP contribution in [0.25, 0.3) is 0 Å². The summed E-state index contributed by atoms with van der Waals surface area (Å²) in [6, 6.07) is 5.37. The van der Waals surface area contributed by atoms with E-state index < -0.39 is 7.25 Å². The Kier molecular flexibility index (Phi) is 5.48. The molecule has 1 aromatic heterocycles. The van der Waals surface area contributed by atoms with Crippen LogP contribution in [0.2, 0.25) is 0 Å². The molecule has 0 saturated carbocycles. The summed E-state index contributed by atoms with van der Waals surface area (Å²) in [5.41, 5.74) is 0.551. The number of halogens is 4. The van der Waals surface area contributed by atoms with E-state index in [4.69, 9.17) is 0 Å². The number of carbonyl (C=O) groups excluding carboxylic acids is 1. The summed E-state index contributed by atoms with van der Waals surface area (Å²) >= 11 is 0. The molecule has 0 N–H and O–H groups in total. The number of aryl methyl sites for hydroxylation is 1. The van der Waals surface area contributed by atoms with Gasteiger partial charge in [-0.2, -0.15) is 4.57 Å². The molecule has 3 nitrogen and oxygen atoms in total. The Balaban J connectivity index is 0.000000385. The van der Waals surface area contributed by atoms with Crippen molar-refractivity contribution in [3.63, 3.8) is 0 Å². The van der Waals surface area contributed by atoms with Crippen LogP contribution in [0.15, 0.2) is 24.4 Å². The third kappa shape index (κ3) is 6.80. The van der Waals surface area contributed by atoms with E-state index in [2.05, 4.69) is 4.74 Å². The van der Waals surface area contributed by atoms with Gasteiger partial charge in [0.2, 0.25) is 0 Å². The highest BCUT2D eigenvalue weighted by Gasteiger charge is 2.20. The number of carbonyl (C=O) groups is 1. The maximum Gasteiger partial charge on any atom is 0.673 e. The number of hydrogen-bond donors (Lipinski definition) is 0. The van der Waals surface area contributed by atoms with Crippen molar-refractivity contribution in [2.45, 2.75) is 0 Å². The molecule has 0 aliphatic rings. The molecule has 1 rings (SSSR count). The molecule has 1 heterocycles. The van der Waals surface area contributed by atoms with E-state index in [1.807, 2.05) is 6.07 Å². The zero-order chi connectivity index (χ0) is 12.8. The topological polar surface area (TPSA) is 30.2 Å². The smallest absolute Gasteiger partial charge is 0.461 e. The first-order chi connectivity index (χ1) is 7.25. The maximum atomic E-state index is 11.0. The number of hydrogen-bond acceptors (Lipinski definition) is 2. The number of methoxy groups -OCH3 is 1. The van der Waals surface area contributed by atoms with Crippen LogP contribution in [0.3, 0.4) is 0 Å². The molecule has 0 aliphatic carbocycles. The summed E-state index contributed by atoms with van der Waals surface area (Å²) in [5, 5.41) is 0. The highest BCUT2D eigenvalue weighted by atomic mass is 19.5. The van der Waals surface area contributed by atoms with Crippen molar-refractivity contribution in [2.75, 3.05) is 7.11 Å². The summed E-state index contributed by atoms with van der Waals surface area (Å²) in [5.74, 6) is -0.312. The van der Waals surface area contributed by atoms with E-state index >= 15 is 0 Å². The van der Waals surface area contributed by atoms with E-state index in [0.29, 0.717) is 5.69 Å². The van der Waals surface area contributed by atoms with Gasteiger partial charge in [0.1, 0.15) is 7.05 Å². The number of esters is 1. The van der Waals surface area contributed by atoms with Crippen LogP contribution in [0.4, 0.5) is 17.3 Å². The van der Waals surface area contributed by atoms with E-state index in [-0.39, 0.29) is 5.97 Å². The first-order valence-corrected chi connectivity index (χ1v) is 4.16. The lowest BCUT2D eigenvalue weighted by Crippen LogP contribution is -2.35. The highest BCUT2D eigenvalue weighted by Crippen LogP contribution is 2.06. The highest BCUT2D eigenvalue weighted by molar-refractivity contribution is 6.50. The lowest BCUT2D eigenvalue weighted by molar-refractivity contribution is -0.674. The standard InChI is InChI=1S/C8H10NO2.BF4/c1-9-6-4-3-5-7(9)8(10)11-2;2-1(3,4)5/h3-6H,1-2H3;/q+1;-1. The van der Waals surface area contributed by atoms with Crippen molar-refractivity contribution in [2.24, 2.45) is 7.05 Å². The van der Waals surface area contributed by atoms with Crippen LogP contribution in [0, 0.1) is 0 Å². The van der Waals surface area contributed by atoms with E-state index in [1.54, 1.807) is 29.9 Å². The monoisotopic (exact) mass is 239 g/mol. The number of pyridine rings is 1. The number of aromatic nitrogens is 1. The Morgan fingerprint density at radius 1 is 1.31 bits per heavy atom. The van der Waals surface area contributed by atoms with Crippen LogP contribution < -0.4 is 4.57 Å². The van der Waals surface area contributed by atoms with Crippen molar-refractivity contribution >= 4 is 13.2 Å². The molecule has 1 aromatic rings. The molecule has 90 valence electrons. The fourth-order valence-corrected chi connectivity index (χ4v) is 0.840. The van der Waals surface area contributed by atoms with Crippen LogP contribution in [0.5, 0.6) is 0 Å². The van der Waals surface area contributed by atoms with Gasteiger partial charge in [0.05, 0.1) is 7.11 Å².